The van der Waals surface area contributed by atoms with E-state index in [0.29, 0.717) is 5.96 Å². The highest BCUT2D eigenvalue weighted by Crippen LogP contribution is 2.15. The van der Waals surface area contributed by atoms with Crippen LogP contribution < -0.4 is 21.5 Å². The number of benzene rings is 1. The number of hydrogen-bond donors (Lipinski definition) is 3. The zero-order valence-corrected chi connectivity index (χ0v) is 10.9. The molecule has 0 aromatic heterocycles. The Kier molecular flexibility index (Phi) is 4.78. The summed E-state index contributed by atoms with van der Waals surface area (Å²) in [6, 6.07) is 8.23. The third-order valence-electron chi connectivity index (χ3n) is 2.17. The van der Waals surface area contributed by atoms with E-state index in [2.05, 4.69) is 15.7 Å². The number of hydrogen-bond acceptors (Lipinski definition) is 3. The summed E-state index contributed by atoms with van der Waals surface area (Å²) in [5.41, 5.74) is 4.65. The molecule has 0 heterocycles. The van der Waals surface area contributed by atoms with Gasteiger partial charge in [0.05, 0.1) is 0 Å². The van der Waals surface area contributed by atoms with Crippen molar-refractivity contribution in [2.75, 3.05) is 24.3 Å². The molecule has 5 nitrogen and oxygen atoms in total. The molecule has 0 bridgehead atoms. The topological polar surface area (TPSA) is 65.7 Å². The molecule has 0 atom stereocenters. The second-order valence-electron chi connectivity index (χ2n) is 4.28. The quantitative estimate of drug-likeness (QED) is 0.320. The van der Waals surface area contributed by atoms with Crippen LogP contribution in [0.25, 0.3) is 0 Å². The van der Waals surface area contributed by atoms with Crippen molar-refractivity contribution in [2.24, 2.45) is 10.8 Å². The van der Waals surface area contributed by atoms with Crippen LogP contribution in [0.3, 0.4) is 0 Å². The smallest absolute Gasteiger partial charge is 0.210 e. The van der Waals surface area contributed by atoms with E-state index in [1.165, 1.54) is 0 Å². The van der Waals surface area contributed by atoms with E-state index in [-0.39, 0.29) is 6.04 Å². The summed E-state index contributed by atoms with van der Waals surface area (Å²) in [6.07, 6.45) is 0. The monoisotopic (exact) mass is 235 g/mol. The molecule has 5 heteroatoms. The van der Waals surface area contributed by atoms with Crippen LogP contribution in [0.15, 0.2) is 29.3 Å². The molecule has 0 saturated carbocycles. The molecule has 0 aliphatic carbocycles. The minimum Gasteiger partial charge on any atom is -0.378 e. The highest BCUT2D eigenvalue weighted by molar-refractivity contribution is 5.93. The van der Waals surface area contributed by atoms with Crippen LogP contribution in [-0.4, -0.2) is 26.1 Å². The molecular formula is C12H21N5. The fraction of sp³-hybridized carbons (Fsp3) is 0.417. The van der Waals surface area contributed by atoms with Crippen molar-refractivity contribution in [3.8, 4) is 0 Å². The third kappa shape index (κ3) is 4.32. The summed E-state index contributed by atoms with van der Waals surface area (Å²) in [4.78, 5) is 6.36. The summed E-state index contributed by atoms with van der Waals surface area (Å²) in [7, 11) is 4.02. The summed E-state index contributed by atoms with van der Waals surface area (Å²) in [5, 5.41) is 3.12. The van der Waals surface area contributed by atoms with Crippen molar-refractivity contribution in [3.05, 3.63) is 24.3 Å². The van der Waals surface area contributed by atoms with Crippen LogP contribution in [0.1, 0.15) is 13.8 Å². The maximum Gasteiger partial charge on any atom is 0.210 e. The number of anilines is 2. The Bertz CT molecular complexity index is 367. The third-order valence-corrected chi connectivity index (χ3v) is 2.17. The van der Waals surface area contributed by atoms with Crippen LogP contribution in [0.2, 0.25) is 0 Å². The Hall–Kier alpha value is -1.75. The Balaban J connectivity index is 2.74. The van der Waals surface area contributed by atoms with Crippen molar-refractivity contribution in [1.29, 1.82) is 0 Å². The summed E-state index contributed by atoms with van der Waals surface area (Å²) < 4.78 is 0. The first kappa shape index (κ1) is 13.3. The molecule has 0 aliphatic heterocycles. The molecule has 0 unspecified atom stereocenters. The molecule has 0 amide bonds. The minimum atomic E-state index is 0.189. The minimum absolute atomic E-state index is 0.189. The number of rotatable bonds is 3. The first-order valence-electron chi connectivity index (χ1n) is 5.61. The lowest BCUT2D eigenvalue weighted by Gasteiger charge is -2.14. The van der Waals surface area contributed by atoms with Crippen molar-refractivity contribution < 1.29 is 0 Å². The molecule has 1 aromatic rings. The average molecular weight is 235 g/mol. The molecule has 0 spiro atoms. The maximum absolute atomic E-state index is 5.40. The zero-order chi connectivity index (χ0) is 12.8. The van der Waals surface area contributed by atoms with Gasteiger partial charge in [-0.3, -0.25) is 5.43 Å². The number of nitrogens with zero attached hydrogens (tertiary/aromatic N) is 2. The number of hydrazine groups is 1. The fourth-order valence-corrected chi connectivity index (χ4v) is 1.34. The lowest BCUT2D eigenvalue weighted by atomic mass is 10.2. The number of aliphatic imine (C=N–C) groups is 1. The average Bonchev–Trinajstić information content (AvgIpc) is 2.28. The predicted octanol–water partition coefficient (Wildman–Crippen LogP) is 1.39. The molecule has 17 heavy (non-hydrogen) atoms. The summed E-state index contributed by atoms with van der Waals surface area (Å²) in [5.74, 6) is 5.96. The first-order chi connectivity index (χ1) is 8.02. The second kappa shape index (κ2) is 6.10. The van der Waals surface area contributed by atoms with E-state index in [1.807, 2.05) is 57.1 Å². The molecule has 0 saturated heterocycles. The van der Waals surface area contributed by atoms with Crippen molar-refractivity contribution >= 4 is 17.3 Å². The molecule has 0 fully saturated rings. The first-order valence-corrected chi connectivity index (χ1v) is 5.61. The van der Waals surface area contributed by atoms with E-state index < -0.39 is 0 Å². The van der Waals surface area contributed by atoms with Crippen molar-refractivity contribution in [2.45, 2.75) is 19.9 Å². The van der Waals surface area contributed by atoms with Gasteiger partial charge >= 0.3 is 0 Å². The SMILES string of the molecule is CC(C)N=C(NN)Nc1ccc(N(C)C)cc1. The lowest BCUT2D eigenvalue weighted by molar-refractivity contribution is 0.819. The highest BCUT2D eigenvalue weighted by atomic mass is 15.3. The van der Waals surface area contributed by atoms with Gasteiger partial charge in [0.1, 0.15) is 0 Å². The standard InChI is InChI=1S/C12H21N5/c1-9(2)14-12(16-13)15-10-5-7-11(8-6-10)17(3)4/h5-9H,13H2,1-4H3,(H2,14,15,16). The van der Waals surface area contributed by atoms with Gasteiger partial charge in [0.2, 0.25) is 5.96 Å². The summed E-state index contributed by atoms with van der Waals surface area (Å²) >= 11 is 0. The van der Waals surface area contributed by atoms with Gasteiger partial charge < -0.3 is 10.2 Å². The van der Waals surface area contributed by atoms with Gasteiger partial charge in [-0.2, -0.15) is 0 Å². The number of nitrogens with one attached hydrogen (secondary N) is 2. The number of nitrogens with two attached hydrogens (primary N) is 1. The predicted molar refractivity (Wildman–Crippen MR) is 74.3 cm³/mol. The van der Waals surface area contributed by atoms with Crippen LogP contribution in [-0.2, 0) is 0 Å². The van der Waals surface area contributed by atoms with Crippen LogP contribution in [0.4, 0.5) is 11.4 Å². The fourth-order valence-electron chi connectivity index (χ4n) is 1.34. The van der Waals surface area contributed by atoms with Gasteiger partial charge in [-0.15, -0.1) is 0 Å². The van der Waals surface area contributed by atoms with Crippen LogP contribution >= 0.6 is 0 Å². The maximum atomic E-state index is 5.40. The van der Waals surface area contributed by atoms with Crippen molar-refractivity contribution in [1.82, 2.24) is 5.43 Å². The zero-order valence-electron chi connectivity index (χ0n) is 10.9. The molecule has 94 valence electrons. The molecular weight excluding hydrogens is 214 g/mol. The highest BCUT2D eigenvalue weighted by Gasteiger charge is 2.00. The normalized spacial score (nSPS) is 11.5. The second-order valence-corrected chi connectivity index (χ2v) is 4.28. The Labute approximate surface area is 103 Å². The van der Waals surface area contributed by atoms with Gasteiger partial charge in [0.15, 0.2) is 0 Å². The van der Waals surface area contributed by atoms with E-state index in [9.17, 15) is 0 Å². The van der Waals surface area contributed by atoms with Gasteiger partial charge in [0, 0.05) is 31.5 Å². The van der Waals surface area contributed by atoms with Gasteiger partial charge in [-0.25, -0.2) is 10.8 Å². The molecule has 1 aromatic carbocycles. The van der Waals surface area contributed by atoms with E-state index >= 15 is 0 Å². The van der Waals surface area contributed by atoms with Gasteiger partial charge in [-0.05, 0) is 38.1 Å². The molecule has 1 rings (SSSR count). The Morgan fingerprint density at radius 1 is 1.24 bits per heavy atom. The lowest BCUT2D eigenvalue weighted by Crippen LogP contribution is -2.36. The van der Waals surface area contributed by atoms with Gasteiger partial charge in [-0.1, -0.05) is 0 Å². The Morgan fingerprint density at radius 2 is 1.82 bits per heavy atom. The Morgan fingerprint density at radius 3 is 2.24 bits per heavy atom. The van der Waals surface area contributed by atoms with Crippen LogP contribution in [0, 0.1) is 0 Å². The molecule has 0 aliphatic rings. The largest absolute Gasteiger partial charge is 0.378 e. The van der Waals surface area contributed by atoms with E-state index in [4.69, 9.17) is 5.84 Å². The molecule has 0 radical (unpaired) electrons. The number of guanidine groups is 1. The van der Waals surface area contributed by atoms with Crippen molar-refractivity contribution in [3.63, 3.8) is 0 Å². The summed E-state index contributed by atoms with van der Waals surface area (Å²) in [6.45, 7) is 3.99. The van der Waals surface area contributed by atoms with Gasteiger partial charge in [0.25, 0.3) is 0 Å². The van der Waals surface area contributed by atoms with E-state index in [0.717, 1.165) is 11.4 Å². The van der Waals surface area contributed by atoms with E-state index in [1.54, 1.807) is 0 Å². The molecule has 4 N–H and O–H groups in total. The van der Waals surface area contributed by atoms with Crippen LogP contribution in [0.5, 0.6) is 0 Å².